The third-order valence-corrected chi connectivity index (χ3v) is 7.20. The largest absolute Gasteiger partial charge is 0.492 e. The van der Waals surface area contributed by atoms with Crippen LogP contribution in [0.15, 0.2) is 24.3 Å². The van der Waals surface area contributed by atoms with E-state index in [4.69, 9.17) is 14.3 Å². The molecule has 13 nitrogen and oxygen atoms in total. The molecule has 0 saturated carbocycles. The van der Waals surface area contributed by atoms with Crippen molar-refractivity contribution in [2.24, 2.45) is 10.8 Å². The minimum Gasteiger partial charge on any atom is -0.492 e. The van der Waals surface area contributed by atoms with E-state index in [2.05, 4.69) is 5.32 Å². The van der Waals surface area contributed by atoms with Crippen LogP contribution in [0.5, 0.6) is 11.8 Å². The number of carbonyl (C=O) groups is 5. The zero-order chi connectivity index (χ0) is 33.5. The Morgan fingerprint density at radius 3 is 2.00 bits per heavy atom. The highest BCUT2D eigenvalue weighted by atomic mass is 16.7. The Morgan fingerprint density at radius 1 is 0.864 bits per heavy atom. The summed E-state index contributed by atoms with van der Waals surface area (Å²) in [6.45, 7) is 14.9. The predicted molar refractivity (Wildman–Crippen MR) is 159 cm³/mol. The van der Waals surface area contributed by atoms with E-state index in [0.717, 1.165) is 4.90 Å². The highest BCUT2D eigenvalue weighted by Crippen LogP contribution is 2.37. The first-order valence-corrected chi connectivity index (χ1v) is 14.6. The van der Waals surface area contributed by atoms with Crippen molar-refractivity contribution in [3.05, 3.63) is 24.3 Å². The van der Waals surface area contributed by atoms with E-state index in [1.54, 1.807) is 13.8 Å². The summed E-state index contributed by atoms with van der Waals surface area (Å²) in [5.41, 5.74) is -2.87. The number of nitrogens with one attached hydrogen (secondary N) is 1. The van der Waals surface area contributed by atoms with Crippen molar-refractivity contribution in [2.45, 2.75) is 98.6 Å². The third-order valence-electron chi connectivity index (χ3n) is 7.20. The molecule has 0 bridgehead atoms. The maximum Gasteiger partial charge on any atom is 0.338 e. The van der Waals surface area contributed by atoms with Crippen molar-refractivity contribution in [3.8, 4) is 11.8 Å². The Kier molecular flexibility index (Phi) is 11.8. The Hall–Kier alpha value is -3.87. The van der Waals surface area contributed by atoms with Crippen LogP contribution in [0, 0.1) is 10.8 Å². The Labute approximate surface area is 258 Å². The summed E-state index contributed by atoms with van der Waals surface area (Å²) in [6.07, 6.45) is 3.62. The molecule has 2 rings (SSSR count). The van der Waals surface area contributed by atoms with Crippen molar-refractivity contribution in [1.29, 1.82) is 0 Å². The first-order chi connectivity index (χ1) is 20.1. The number of rotatable bonds is 17. The zero-order valence-electron chi connectivity index (χ0n) is 27.0. The zero-order valence-corrected chi connectivity index (χ0v) is 27.0. The molecule has 44 heavy (non-hydrogen) atoms. The molecule has 1 aromatic rings. The van der Waals surface area contributed by atoms with Gasteiger partial charge in [-0.3, -0.25) is 24.1 Å². The summed E-state index contributed by atoms with van der Waals surface area (Å²) in [7, 11) is 0. The van der Waals surface area contributed by atoms with Crippen LogP contribution in [0.3, 0.4) is 0 Å². The fraction of sp³-hybridized carbons (Fsp3) is 0.645. The molecule has 0 aromatic carbocycles. The fourth-order valence-corrected chi connectivity index (χ4v) is 4.91. The number of ether oxygens (including phenoxy) is 2. The van der Waals surface area contributed by atoms with E-state index < -0.39 is 57.5 Å². The van der Waals surface area contributed by atoms with Crippen molar-refractivity contribution in [2.75, 3.05) is 19.8 Å². The van der Waals surface area contributed by atoms with Gasteiger partial charge in [0.25, 0.3) is 11.8 Å². The molecule has 0 radical (unpaired) electrons. The molecule has 1 aliphatic rings. The summed E-state index contributed by atoms with van der Waals surface area (Å²) in [5.74, 6) is -3.08. The van der Waals surface area contributed by atoms with Crippen molar-refractivity contribution >= 4 is 29.7 Å². The van der Waals surface area contributed by atoms with Gasteiger partial charge >= 0.3 is 11.9 Å². The molecule has 246 valence electrons. The lowest BCUT2D eigenvalue weighted by atomic mass is 9.73. The molecule has 0 aliphatic carbocycles. The summed E-state index contributed by atoms with van der Waals surface area (Å²) >= 11 is 0. The van der Waals surface area contributed by atoms with Gasteiger partial charge in [0.1, 0.15) is 0 Å². The average Bonchev–Trinajstić information content (AvgIpc) is 3.35. The van der Waals surface area contributed by atoms with Crippen LogP contribution >= 0.6 is 0 Å². The Morgan fingerprint density at radius 2 is 1.43 bits per heavy atom. The average molecular weight is 622 g/mol. The van der Waals surface area contributed by atoms with Crippen LogP contribution in [0.4, 0.5) is 0 Å². The van der Waals surface area contributed by atoms with E-state index in [-0.39, 0.29) is 38.3 Å². The number of amides is 3. The molecule has 1 aromatic heterocycles. The van der Waals surface area contributed by atoms with E-state index in [0.29, 0.717) is 24.2 Å². The fourth-order valence-electron chi connectivity index (χ4n) is 4.91. The van der Waals surface area contributed by atoms with Crippen LogP contribution in [0.2, 0.25) is 0 Å². The van der Waals surface area contributed by atoms with Gasteiger partial charge in [0.2, 0.25) is 17.7 Å². The SMILES string of the molecule is CC(C)(CC(=O)OCCC(C)(C)OCCC(C)(C)NC(=O)CCN1C(=O)C=CC1=O)CC(C)(C)C(=O)On1c(O)ccc1O. The maximum atomic E-state index is 12.7. The number of nitrogens with zero attached hydrogens (tertiary/aromatic N) is 2. The third kappa shape index (κ3) is 11.3. The molecule has 3 amide bonds. The molecular weight excluding hydrogens is 574 g/mol. The van der Waals surface area contributed by atoms with E-state index in [1.165, 1.54) is 24.3 Å². The van der Waals surface area contributed by atoms with E-state index >= 15 is 0 Å². The Balaban J connectivity index is 1.71. The van der Waals surface area contributed by atoms with Gasteiger partial charge in [-0.15, -0.1) is 4.73 Å². The number of hydrogen-bond acceptors (Lipinski definition) is 10. The first kappa shape index (κ1) is 36.3. The summed E-state index contributed by atoms with van der Waals surface area (Å²) < 4.78 is 12.1. The van der Waals surface area contributed by atoms with Crippen LogP contribution in [0.1, 0.15) is 87.5 Å². The van der Waals surface area contributed by atoms with Gasteiger partial charge < -0.3 is 29.8 Å². The minimum absolute atomic E-state index is 0.00159. The Bertz CT molecular complexity index is 1220. The molecule has 3 N–H and O–H groups in total. The minimum atomic E-state index is -1.04. The van der Waals surface area contributed by atoms with Gasteiger partial charge in [-0.1, -0.05) is 13.8 Å². The van der Waals surface area contributed by atoms with Gasteiger partial charge in [-0.05, 0) is 59.8 Å². The molecule has 0 fully saturated rings. The standard InChI is InChI=1S/C31H47N3O10/c1-28(2,20-29(3,4)27(41)44-34-24(38)11-12-25(34)39)19-26(40)42-17-15-31(7,8)43-18-14-30(5,6)32-21(35)13-16-33-22(36)9-10-23(33)37/h9-12,38-39H,13-20H2,1-8H3,(H,32,35). The van der Waals surface area contributed by atoms with Crippen molar-refractivity contribution < 1.29 is 48.5 Å². The molecule has 0 spiro atoms. The summed E-state index contributed by atoms with van der Waals surface area (Å²) in [4.78, 5) is 67.2. The predicted octanol–water partition coefficient (Wildman–Crippen LogP) is 3.02. The van der Waals surface area contributed by atoms with Crippen molar-refractivity contribution in [1.82, 2.24) is 14.9 Å². The lowest BCUT2D eigenvalue weighted by Gasteiger charge is -2.32. The highest BCUT2D eigenvalue weighted by molar-refractivity contribution is 6.13. The maximum absolute atomic E-state index is 12.7. The molecule has 1 aliphatic heterocycles. The normalized spacial score (nSPS) is 14.2. The smallest absolute Gasteiger partial charge is 0.338 e. The molecule has 13 heteroatoms. The molecule has 0 saturated heterocycles. The second kappa shape index (κ2) is 14.3. The first-order valence-electron chi connectivity index (χ1n) is 14.6. The van der Waals surface area contributed by atoms with Crippen LogP contribution in [-0.2, 0) is 33.4 Å². The number of carbonyl (C=O) groups excluding carboxylic acids is 5. The van der Waals surface area contributed by atoms with Gasteiger partial charge in [-0.2, -0.15) is 0 Å². The van der Waals surface area contributed by atoms with Gasteiger partial charge in [0.05, 0.1) is 24.0 Å². The number of esters is 1. The second-order valence-corrected chi connectivity index (χ2v) is 13.8. The quantitative estimate of drug-likeness (QED) is 0.173. The highest BCUT2D eigenvalue weighted by Gasteiger charge is 2.38. The number of aromatic hydroxyl groups is 2. The number of imide groups is 1. The van der Waals surface area contributed by atoms with E-state index in [1.807, 2.05) is 41.5 Å². The van der Waals surface area contributed by atoms with Crippen LogP contribution in [0.25, 0.3) is 0 Å². The summed E-state index contributed by atoms with van der Waals surface area (Å²) in [5, 5.41) is 22.4. The molecule has 0 unspecified atom stereocenters. The lowest BCUT2D eigenvalue weighted by Crippen LogP contribution is -2.46. The van der Waals surface area contributed by atoms with Gasteiger partial charge in [-0.25, -0.2) is 4.79 Å². The van der Waals surface area contributed by atoms with Gasteiger partial charge in [0.15, 0.2) is 0 Å². The van der Waals surface area contributed by atoms with Crippen LogP contribution < -0.4 is 10.2 Å². The number of hydrogen-bond donors (Lipinski definition) is 3. The number of aromatic nitrogens is 1. The van der Waals surface area contributed by atoms with Crippen molar-refractivity contribution in [3.63, 3.8) is 0 Å². The van der Waals surface area contributed by atoms with Gasteiger partial charge in [0, 0.05) is 55.8 Å². The molecule has 2 heterocycles. The van der Waals surface area contributed by atoms with Crippen LogP contribution in [-0.4, -0.2) is 80.4 Å². The molecular formula is C31H47N3O10. The second-order valence-electron chi connectivity index (χ2n) is 13.8. The topological polar surface area (TPSA) is 174 Å². The summed E-state index contributed by atoms with van der Waals surface area (Å²) in [6, 6.07) is 2.38. The van der Waals surface area contributed by atoms with E-state index in [9.17, 15) is 34.2 Å². The molecule has 0 atom stereocenters. The monoisotopic (exact) mass is 621 g/mol. The lowest BCUT2D eigenvalue weighted by molar-refractivity contribution is -0.159.